The SMILES string of the molecule is CN1CCC[C@@H](NC(=O)Cn2cc(C(=O)NCc3ccc(F)cc3)ccc2=O)C1. The number of rotatable bonds is 6. The van der Waals surface area contributed by atoms with Crippen LogP contribution in [0.2, 0.25) is 0 Å². The number of benzene rings is 1. The van der Waals surface area contributed by atoms with Gasteiger partial charge in [-0.1, -0.05) is 12.1 Å². The fourth-order valence-corrected chi connectivity index (χ4v) is 3.39. The first kappa shape index (κ1) is 20.7. The molecule has 1 aliphatic heterocycles. The van der Waals surface area contributed by atoms with Crippen LogP contribution in [0.1, 0.15) is 28.8 Å². The van der Waals surface area contributed by atoms with Crippen LogP contribution in [0.3, 0.4) is 0 Å². The monoisotopic (exact) mass is 400 g/mol. The average Bonchev–Trinajstić information content (AvgIpc) is 2.69. The third kappa shape index (κ3) is 5.99. The van der Waals surface area contributed by atoms with E-state index in [0.29, 0.717) is 0 Å². The van der Waals surface area contributed by atoms with Crippen LogP contribution in [0.5, 0.6) is 0 Å². The second-order valence-electron chi connectivity index (χ2n) is 7.36. The molecule has 7 nitrogen and oxygen atoms in total. The van der Waals surface area contributed by atoms with Crippen LogP contribution in [0, 0.1) is 5.82 Å². The van der Waals surface area contributed by atoms with Crippen molar-refractivity contribution in [1.82, 2.24) is 20.1 Å². The van der Waals surface area contributed by atoms with Crippen LogP contribution >= 0.6 is 0 Å². The second-order valence-corrected chi connectivity index (χ2v) is 7.36. The Morgan fingerprint density at radius 2 is 1.93 bits per heavy atom. The van der Waals surface area contributed by atoms with E-state index < -0.39 is 0 Å². The Morgan fingerprint density at radius 1 is 1.17 bits per heavy atom. The number of aromatic nitrogens is 1. The predicted octanol–water partition coefficient (Wildman–Crippen LogP) is 1.13. The standard InChI is InChI=1S/C21H25FN4O3/c1-25-10-2-3-18(13-25)24-19(27)14-26-12-16(6-9-20(26)28)21(29)23-11-15-4-7-17(22)8-5-15/h4-9,12,18H,2-3,10-11,13-14H2,1H3,(H,23,29)(H,24,27)/t18-/m1/s1. The van der Waals surface area contributed by atoms with E-state index in [9.17, 15) is 18.8 Å². The molecule has 0 saturated carbocycles. The van der Waals surface area contributed by atoms with E-state index in [-0.39, 0.29) is 47.9 Å². The van der Waals surface area contributed by atoms with Gasteiger partial charge in [-0.2, -0.15) is 0 Å². The van der Waals surface area contributed by atoms with Gasteiger partial charge in [-0.15, -0.1) is 0 Å². The predicted molar refractivity (Wildman–Crippen MR) is 107 cm³/mol. The molecule has 0 spiro atoms. The number of carbonyl (C=O) groups excluding carboxylic acids is 2. The number of likely N-dealkylation sites (N-methyl/N-ethyl adjacent to an activating group) is 1. The van der Waals surface area contributed by atoms with Gasteiger partial charge in [0.05, 0.1) is 5.56 Å². The van der Waals surface area contributed by atoms with E-state index in [0.717, 1.165) is 31.5 Å². The maximum absolute atomic E-state index is 12.9. The van der Waals surface area contributed by atoms with Gasteiger partial charge in [-0.25, -0.2) is 4.39 Å². The summed E-state index contributed by atoms with van der Waals surface area (Å²) in [5.74, 6) is -0.973. The lowest BCUT2D eigenvalue weighted by atomic mass is 10.1. The van der Waals surface area contributed by atoms with Crippen molar-refractivity contribution < 1.29 is 14.0 Å². The number of pyridine rings is 1. The van der Waals surface area contributed by atoms with Crippen molar-refractivity contribution in [3.8, 4) is 0 Å². The summed E-state index contributed by atoms with van der Waals surface area (Å²) < 4.78 is 14.2. The van der Waals surface area contributed by atoms with Crippen LogP contribution in [-0.2, 0) is 17.9 Å². The zero-order valence-corrected chi connectivity index (χ0v) is 16.4. The van der Waals surface area contributed by atoms with Crippen molar-refractivity contribution in [3.05, 3.63) is 69.9 Å². The van der Waals surface area contributed by atoms with Crippen LogP contribution in [-0.4, -0.2) is 47.5 Å². The normalized spacial score (nSPS) is 17.0. The zero-order valence-electron chi connectivity index (χ0n) is 16.4. The third-order valence-electron chi connectivity index (χ3n) is 4.92. The van der Waals surface area contributed by atoms with E-state index in [1.165, 1.54) is 35.0 Å². The van der Waals surface area contributed by atoms with Gasteiger partial charge in [0.15, 0.2) is 0 Å². The van der Waals surface area contributed by atoms with Crippen molar-refractivity contribution in [2.45, 2.75) is 32.0 Å². The van der Waals surface area contributed by atoms with Gasteiger partial charge in [0.25, 0.3) is 11.5 Å². The van der Waals surface area contributed by atoms with E-state index in [1.54, 1.807) is 12.1 Å². The second kappa shape index (κ2) is 9.47. The van der Waals surface area contributed by atoms with Gasteiger partial charge in [-0.05, 0) is 50.2 Å². The zero-order chi connectivity index (χ0) is 20.8. The van der Waals surface area contributed by atoms with Crippen LogP contribution in [0.4, 0.5) is 4.39 Å². The Kier molecular flexibility index (Phi) is 6.77. The van der Waals surface area contributed by atoms with Gasteiger partial charge in [-0.3, -0.25) is 14.4 Å². The molecule has 0 bridgehead atoms. The molecule has 154 valence electrons. The minimum Gasteiger partial charge on any atom is -0.351 e. The van der Waals surface area contributed by atoms with Crippen molar-refractivity contribution in [2.24, 2.45) is 0 Å². The highest BCUT2D eigenvalue weighted by molar-refractivity contribution is 5.93. The van der Waals surface area contributed by atoms with Gasteiger partial charge in [0, 0.05) is 31.4 Å². The topological polar surface area (TPSA) is 83.4 Å². The lowest BCUT2D eigenvalue weighted by Crippen LogP contribution is -2.47. The van der Waals surface area contributed by atoms with Gasteiger partial charge in [0.2, 0.25) is 5.91 Å². The maximum atomic E-state index is 12.9. The lowest BCUT2D eigenvalue weighted by molar-refractivity contribution is -0.122. The van der Waals surface area contributed by atoms with Crippen molar-refractivity contribution in [3.63, 3.8) is 0 Å². The summed E-state index contributed by atoms with van der Waals surface area (Å²) in [4.78, 5) is 39.0. The molecule has 2 heterocycles. The Balaban J connectivity index is 1.59. The minimum atomic E-state index is -0.377. The fraction of sp³-hybridized carbons (Fsp3) is 0.381. The maximum Gasteiger partial charge on any atom is 0.253 e. The van der Waals surface area contributed by atoms with Gasteiger partial charge < -0.3 is 20.1 Å². The molecule has 0 unspecified atom stereocenters. The van der Waals surface area contributed by atoms with Crippen LogP contribution in [0.15, 0.2) is 47.4 Å². The first-order chi connectivity index (χ1) is 13.9. The molecule has 8 heteroatoms. The summed E-state index contributed by atoms with van der Waals surface area (Å²) in [6.45, 7) is 1.89. The Labute approximate surface area is 168 Å². The molecular formula is C21H25FN4O3. The number of carbonyl (C=O) groups is 2. The first-order valence-electron chi connectivity index (χ1n) is 9.62. The summed E-state index contributed by atoms with van der Waals surface area (Å²) >= 11 is 0. The largest absolute Gasteiger partial charge is 0.351 e. The number of hydrogen-bond donors (Lipinski definition) is 2. The van der Waals surface area contributed by atoms with E-state index in [4.69, 9.17) is 0 Å². The van der Waals surface area contributed by atoms with Gasteiger partial charge in [0.1, 0.15) is 12.4 Å². The Bertz CT molecular complexity index is 926. The number of amides is 2. The molecule has 1 aromatic heterocycles. The van der Waals surface area contributed by atoms with E-state index >= 15 is 0 Å². The van der Waals surface area contributed by atoms with Gasteiger partial charge >= 0.3 is 0 Å². The van der Waals surface area contributed by atoms with E-state index in [1.807, 2.05) is 7.05 Å². The van der Waals surface area contributed by atoms with Crippen LogP contribution in [0.25, 0.3) is 0 Å². The fourth-order valence-electron chi connectivity index (χ4n) is 3.39. The summed E-state index contributed by atoms with van der Waals surface area (Å²) in [5.41, 5.74) is 0.679. The van der Waals surface area contributed by atoms with Crippen molar-refractivity contribution in [2.75, 3.05) is 20.1 Å². The van der Waals surface area contributed by atoms with E-state index in [2.05, 4.69) is 15.5 Å². The number of piperidine rings is 1. The molecule has 0 aliphatic carbocycles. The third-order valence-corrected chi connectivity index (χ3v) is 4.92. The molecule has 29 heavy (non-hydrogen) atoms. The lowest BCUT2D eigenvalue weighted by Gasteiger charge is -2.30. The number of halogens is 1. The highest BCUT2D eigenvalue weighted by atomic mass is 19.1. The highest BCUT2D eigenvalue weighted by Gasteiger charge is 2.19. The molecule has 1 aliphatic rings. The highest BCUT2D eigenvalue weighted by Crippen LogP contribution is 2.08. The molecule has 1 atom stereocenters. The Hall–Kier alpha value is -3.00. The van der Waals surface area contributed by atoms with Crippen molar-refractivity contribution in [1.29, 1.82) is 0 Å². The Morgan fingerprint density at radius 3 is 2.66 bits per heavy atom. The summed E-state index contributed by atoms with van der Waals surface area (Å²) in [7, 11) is 2.01. The number of nitrogens with zero attached hydrogens (tertiary/aromatic N) is 2. The molecule has 1 saturated heterocycles. The number of likely N-dealkylation sites (tertiary alicyclic amines) is 1. The summed E-state index contributed by atoms with van der Waals surface area (Å²) in [5, 5.41) is 5.68. The molecule has 1 aromatic carbocycles. The van der Waals surface area contributed by atoms with Crippen molar-refractivity contribution >= 4 is 11.8 Å². The molecule has 0 radical (unpaired) electrons. The quantitative estimate of drug-likeness (QED) is 0.762. The number of hydrogen-bond acceptors (Lipinski definition) is 4. The molecule has 2 aromatic rings. The molecule has 1 fully saturated rings. The first-order valence-corrected chi connectivity index (χ1v) is 9.62. The average molecular weight is 400 g/mol. The number of nitrogens with one attached hydrogen (secondary N) is 2. The molecule has 3 rings (SSSR count). The molecule has 2 N–H and O–H groups in total. The minimum absolute atomic E-state index is 0.0687. The van der Waals surface area contributed by atoms with Crippen LogP contribution < -0.4 is 16.2 Å². The summed E-state index contributed by atoms with van der Waals surface area (Å²) in [6.07, 6.45) is 3.32. The summed E-state index contributed by atoms with van der Waals surface area (Å²) in [6, 6.07) is 8.59. The smallest absolute Gasteiger partial charge is 0.253 e. The molecular weight excluding hydrogens is 375 g/mol. The molecule has 2 amide bonds.